The molecular weight excluding hydrogens is 544 g/mol. The number of ether oxygens (including phenoxy) is 4. The van der Waals surface area contributed by atoms with Crippen molar-refractivity contribution in [3.8, 4) is 0 Å². The standard InChI is InChI=1S/C30H56N4O8/c1-4-6-7-9-28(36)34-26(30(38)31-16-17-40-20-21-42-23-22-41-19-18-39-3)14-15-29(37)33-25-12-10-24(11-13-25)32-27(35)8-5-2/h24-26H,4-23H2,1-3H3,(H,31,38)(H,32,35)(H,33,37)(H,34,36)/t24?,25?,26-/m0/s1. The van der Waals surface area contributed by atoms with Gasteiger partial charge in [-0.3, -0.25) is 19.2 Å². The molecule has 12 heteroatoms. The molecule has 0 heterocycles. The number of hydrogen-bond acceptors (Lipinski definition) is 8. The van der Waals surface area contributed by atoms with Crippen LogP contribution >= 0.6 is 0 Å². The van der Waals surface area contributed by atoms with Crippen molar-refractivity contribution in [3.05, 3.63) is 0 Å². The molecule has 244 valence electrons. The van der Waals surface area contributed by atoms with Gasteiger partial charge in [-0.05, 0) is 44.9 Å². The van der Waals surface area contributed by atoms with Crippen LogP contribution < -0.4 is 21.3 Å². The zero-order chi connectivity index (χ0) is 30.8. The lowest BCUT2D eigenvalue weighted by Gasteiger charge is -2.30. The summed E-state index contributed by atoms with van der Waals surface area (Å²) in [6.45, 7) is 7.48. The minimum Gasteiger partial charge on any atom is -0.382 e. The van der Waals surface area contributed by atoms with Crippen LogP contribution in [0, 0.1) is 0 Å². The summed E-state index contributed by atoms with van der Waals surface area (Å²) in [6, 6.07) is -0.580. The number of carbonyl (C=O) groups excluding carboxylic acids is 4. The summed E-state index contributed by atoms with van der Waals surface area (Å²) in [5.41, 5.74) is 0. The highest BCUT2D eigenvalue weighted by Gasteiger charge is 2.25. The summed E-state index contributed by atoms with van der Waals surface area (Å²) in [5, 5.41) is 11.7. The van der Waals surface area contributed by atoms with E-state index in [-0.39, 0.29) is 55.1 Å². The summed E-state index contributed by atoms with van der Waals surface area (Å²) < 4.78 is 21.1. The molecule has 0 saturated heterocycles. The Kier molecular flexibility index (Phi) is 22.7. The predicted octanol–water partition coefficient (Wildman–Crippen LogP) is 1.99. The first-order chi connectivity index (χ1) is 20.4. The number of nitrogens with one attached hydrogen (secondary N) is 4. The number of hydrogen-bond donors (Lipinski definition) is 4. The second kappa shape index (κ2) is 25.2. The van der Waals surface area contributed by atoms with Gasteiger partial charge >= 0.3 is 0 Å². The van der Waals surface area contributed by atoms with Gasteiger partial charge in [0, 0.05) is 45.0 Å². The highest BCUT2D eigenvalue weighted by molar-refractivity contribution is 5.88. The van der Waals surface area contributed by atoms with Crippen molar-refractivity contribution in [2.24, 2.45) is 0 Å². The molecule has 0 aromatic carbocycles. The molecule has 0 aromatic rings. The third kappa shape index (κ3) is 19.8. The highest BCUT2D eigenvalue weighted by atomic mass is 16.6. The molecule has 1 aliphatic rings. The van der Waals surface area contributed by atoms with Crippen LogP contribution in [-0.2, 0) is 38.1 Å². The Balaban J connectivity index is 2.36. The van der Waals surface area contributed by atoms with E-state index in [1.807, 2.05) is 6.92 Å². The number of methoxy groups -OCH3 is 1. The minimum atomic E-state index is -0.796. The van der Waals surface area contributed by atoms with Crippen LogP contribution in [0.1, 0.15) is 90.9 Å². The lowest BCUT2D eigenvalue weighted by molar-refractivity contribution is -0.130. The van der Waals surface area contributed by atoms with Crippen molar-refractivity contribution < 1.29 is 38.1 Å². The monoisotopic (exact) mass is 600 g/mol. The van der Waals surface area contributed by atoms with Crippen LogP contribution in [0.25, 0.3) is 0 Å². The zero-order valence-corrected chi connectivity index (χ0v) is 26.1. The number of amides is 4. The average Bonchev–Trinajstić information content (AvgIpc) is 2.97. The summed E-state index contributed by atoms with van der Waals surface area (Å²) in [4.78, 5) is 49.8. The van der Waals surface area contributed by atoms with Gasteiger partial charge in [-0.1, -0.05) is 26.7 Å². The van der Waals surface area contributed by atoms with Crippen molar-refractivity contribution in [2.75, 3.05) is 59.9 Å². The number of carbonyl (C=O) groups is 4. The fourth-order valence-corrected chi connectivity index (χ4v) is 4.61. The Morgan fingerprint density at radius 1 is 0.667 bits per heavy atom. The van der Waals surface area contributed by atoms with Crippen LogP contribution in [0.3, 0.4) is 0 Å². The maximum absolute atomic E-state index is 12.9. The van der Waals surface area contributed by atoms with Gasteiger partial charge in [0.2, 0.25) is 23.6 Å². The van der Waals surface area contributed by atoms with Crippen molar-refractivity contribution in [1.82, 2.24) is 21.3 Å². The van der Waals surface area contributed by atoms with E-state index < -0.39 is 6.04 Å². The summed E-state index contributed by atoms with van der Waals surface area (Å²) in [5.74, 6) is -0.573. The Hall–Kier alpha value is -2.28. The lowest BCUT2D eigenvalue weighted by Crippen LogP contribution is -2.48. The van der Waals surface area contributed by atoms with E-state index >= 15 is 0 Å². The molecular formula is C30H56N4O8. The summed E-state index contributed by atoms with van der Waals surface area (Å²) in [6.07, 6.45) is 8.01. The highest BCUT2D eigenvalue weighted by Crippen LogP contribution is 2.19. The molecule has 0 aliphatic heterocycles. The maximum atomic E-state index is 12.9. The fraction of sp³-hybridized carbons (Fsp3) is 0.867. The molecule has 1 aliphatic carbocycles. The van der Waals surface area contributed by atoms with E-state index in [1.165, 1.54) is 0 Å². The van der Waals surface area contributed by atoms with Crippen LogP contribution in [-0.4, -0.2) is 102 Å². The molecule has 0 bridgehead atoms. The van der Waals surface area contributed by atoms with E-state index in [4.69, 9.17) is 18.9 Å². The molecule has 12 nitrogen and oxygen atoms in total. The molecule has 0 radical (unpaired) electrons. The molecule has 0 spiro atoms. The van der Waals surface area contributed by atoms with Crippen molar-refractivity contribution in [3.63, 3.8) is 0 Å². The smallest absolute Gasteiger partial charge is 0.242 e. The maximum Gasteiger partial charge on any atom is 0.242 e. The SMILES string of the molecule is CCCCCC(=O)N[C@@H](CCC(=O)NC1CCC(NC(=O)CCC)CC1)C(=O)NCCOCCOCCOCCOC. The van der Waals surface area contributed by atoms with Crippen LogP contribution in [0.5, 0.6) is 0 Å². The van der Waals surface area contributed by atoms with E-state index in [9.17, 15) is 19.2 Å². The third-order valence-corrected chi connectivity index (χ3v) is 6.98. The first-order valence-corrected chi connectivity index (χ1v) is 15.8. The van der Waals surface area contributed by atoms with Crippen LogP contribution in [0.4, 0.5) is 0 Å². The van der Waals surface area contributed by atoms with Gasteiger partial charge in [0.15, 0.2) is 0 Å². The van der Waals surface area contributed by atoms with E-state index in [2.05, 4.69) is 28.2 Å². The van der Waals surface area contributed by atoms with Crippen LogP contribution in [0.2, 0.25) is 0 Å². The first kappa shape index (κ1) is 37.7. The Morgan fingerprint density at radius 2 is 1.21 bits per heavy atom. The summed E-state index contributed by atoms with van der Waals surface area (Å²) >= 11 is 0. The molecule has 0 unspecified atom stereocenters. The largest absolute Gasteiger partial charge is 0.382 e. The van der Waals surface area contributed by atoms with E-state index in [1.54, 1.807) is 7.11 Å². The Labute approximate surface area is 252 Å². The zero-order valence-electron chi connectivity index (χ0n) is 26.1. The van der Waals surface area contributed by atoms with Crippen molar-refractivity contribution >= 4 is 23.6 Å². The van der Waals surface area contributed by atoms with Gasteiger partial charge in [-0.2, -0.15) is 0 Å². The Bertz CT molecular complexity index is 747. The van der Waals surface area contributed by atoms with Gasteiger partial charge in [-0.25, -0.2) is 0 Å². The van der Waals surface area contributed by atoms with Crippen molar-refractivity contribution in [1.29, 1.82) is 0 Å². The van der Waals surface area contributed by atoms with Gasteiger partial charge in [0.25, 0.3) is 0 Å². The molecule has 1 fully saturated rings. The quantitative estimate of drug-likeness (QED) is 0.116. The third-order valence-electron chi connectivity index (χ3n) is 6.98. The molecule has 0 aromatic heterocycles. The molecule has 4 N–H and O–H groups in total. The Morgan fingerprint density at radius 3 is 1.76 bits per heavy atom. The molecule has 1 saturated carbocycles. The topological polar surface area (TPSA) is 153 Å². The number of rotatable bonds is 25. The lowest BCUT2D eigenvalue weighted by atomic mass is 9.91. The van der Waals surface area contributed by atoms with Gasteiger partial charge in [0.1, 0.15) is 6.04 Å². The van der Waals surface area contributed by atoms with E-state index in [0.717, 1.165) is 51.4 Å². The molecule has 42 heavy (non-hydrogen) atoms. The van der Waals surface area contributed by atoms with Gasteiger partial charge < -0.3 is 40.2 Å². The molecule has 4 amide bonds. The second-order valence-electron chi connectivity index (χ2n) is 10.7. The van der Waals surface area contributed by atoms with Crippen molar-refractivity contribution in [2.45, 2.75) is 109 Å². The summed E-state index contributed by atoms with van der Waals surface area (Å²) in [7, 11) is 1.62. The predicted molar refractivity (Wildman–Crippen MR) is 160 cm³/mol. The molecule has 1 atom stereocenters. The van der Waals surface area contributed by atoms with Gasteiger partial charge in [-0.15, -0.1) is 0 Å². The second-order valence-corrected chi connectivity index (χ2v) is 10.7. The first-order valence-electron chi connectivity index (χ1n) is 15.8. The van der Waals surface area contributed by atoms with E-state index in [0.29, 0.717) is 59.1 Å². The average molecular weight is 601 g/mol. The number of unbranched alkanes of at least 4 members (excludes halogenated alkanes) is 2. The normalized spacial score (nSPS) is 17.3. The fourth-order valence-electron chi connectivity index (χ4n) is 4.61. The van der Waals surface area contributed by atoms with Gasteiger partial charge in [0.05, 0.1) is 46.2 Å². The molecule has 1 rings (SSSR count). The minimum absolute atomic E-state index is 0.0528. The van der Waals surface area contributed by atoms with Crippen LogP contribution in [0.15, 0.2) is 0 Å².